The van der Waals surface area contributed by atoms with Crippen LogP contribution in [0.4, 0.5) is 5.69 Å². The number of anilines is 1. The maximum Gasteiger partial charge on any atom is 0.304 e. The van der Waals surface area contributed by atoms with Crippen LogP contribution >= 0.6 is 11.8 Å². The standard InChI is InChI=1S/C19H20N4O3S/c1-12-8-17-20-10-16(13(2)23(17)22-12)19(26)21-15-5-3-4-14(9-15)11-27-7-6-18(24)25/h3-5,8-10H,6-7,11H2,1-2H3,(H,21,26)(H,24,25). The Balaban J connectivity index is 1.70. The molecule has 0 bridgehead atoms. The summed E-state index contributed by atoms with van der Waals surface area (Å²) in [7, 11) is 0. The van der Waals surface area contributed by atoms with E-state index >= 15 is 0 Å². The number of nitrogens with zero attached hydrogens (tertiary/aromatic N) is 3. The zero-order chi connectivity index (χ0) is 19.4. The summed E-state index contributed by atoms with van der Waals surface area (Å²) in [5.41, 5.74) is 4.46. The zero-order valence-corrected chi connectivity index (χ0v) is 15.9. The first-order valence-corrected chi connectivity index (χ1v) is 9.61. The molecule has 0 aliphatic heterocycles. The number of aliphatic carboxylic acids is 1. The molecule has 0 atom stereocenters. The molecule has 0 unspecified atom stereocenters. The molecule has 0 saturated heterocycles. The molecule has 2 aromatic heterocycles. The summed E-state index contributed by atoms with van der Waals surface area (Å²) in [4.78, 5) is 27.5. The van der Waals surface area contributed by atoms with E-state index in [1.165, 1.54) is 0 Å². The van der Waals surface area contributed by atoms with Gasteiger partial charge in [-0.1, -0.05) is 12.1 Å². The lowest BCUT2D eigenvalue weighted by Gasteiger charge is -2.10. The predicted octanol–water partition coefficient (Wildman–Crippen LogP) is 3.31. The van der Waals surface area contributed by atoms with Gasteiger partial charge in [-0.15, -0.1) is 0 Å². The number of carboxylic acids is 1. The van der Waals surface area contributed by atoms with Gasteiger partial charge in [0.05, 0.1) is 23.4 Å². The third-order valence-corrected chi connectivity index (χ3v) is 5.03. The average molecular weight is 384 g/mol. The van der Waals surface area contributed by atoms with Crippen LogP contribution in [0.25, 0.3) is 5.65 Å². The van der Waals surface area contributed by atoms with E-state index in [1.54, 1.807) is 22.5 Å². The number of hydrogen-bond acceptors (Lipinski definition) is 5. The van der Waals surface area contributed by atoms with Crippen LogP contribution < -0.4 is 5.32 Å². The molecule has 0 aliphatic rings. The molecule has 0 saturated carbocycles. The van der Waals surface area contributed by atoms with Gasteiger partial charge in [-0.3, -0.25) is 9.59 Å². The van der Waals surface area contributed by atoms with Crippen LogP contribution in [0.1, 0.15) is 33.7 Å². The maximum absolute atomic E-state index is 12.7. The van der Waals surface area contributed by atoms with Crippen molar-refractivity contribution in [3.8, 4) is 0 Å². The number of carbonyl (C=O) groups is 2. The largest absolute Gasteiger partial charge is 0.481 e. The minimum atomic E-state index is -0.795. The summed E-state index contributed by atoms with van der Waals surface area (Å²) in [6.45, 7) is 3.72. The predicted molar refractivity (Wildman–Crippen MR) is 105 cm³/mol. The lowest BCUT2D eigenvalue weighted by atomic mass is 10.2. The van der Waals surface area contributed by atoms with Gasteiger partial charge in [0.25, 0.3) is 5.91 Å². The molecule has 7 nitrogen and oxygen atoms in total. The molecule has 0 radical (unpaired) electrons. The SMILES string of the molecule is Cc1cc2ncc(C(=O)Nc3cccc(CSCCC(=O)O)c3)c(C)n2n1. The van der Waals surface area contributed by atoms with Crippen LogP contribution in [-0.4, -0.2) is 37.3 Å². The Kier molecular flexibility index (Phi) is 5.75. The minimum Gasteiger partial charge on any atom is -0.481 e. The van der Waals surface area contributed by atoms with Crippen LogP contribution in [0.5, 0.6) is 0 Å². The fourth-order valence-electron chi connectivity index (χ4n) is 2.67. The number of hydrogen-bond donors (Lipinski definition) is 2. The third kappa shape index (κ3) is 4.65. The smallest absolute Gasteiger partial charge is 0.304 e. The first kappa shape index (κ1) is 18.9. The monoisotopic (exact) mass is 384 g/mol. The average Bonchev–Trinajstić information content (AvgIpc) is 3.00. The molecule has 3 rings (SSSR count). The van der Waals surface area contributed by atoms with Crippen molar-refractivity contribution in [2.24, 2.45) is 0 Å². The molecule has 8 heteroatoms. The van der Waals surface area contributed by atoms with E-state index in [0.29, 0.717) is 28.4 Å². The van der Waals surface area contributed by atoms with Gasteiger partial charge in [0.1, 0.15) is 0 Å². The Hall–Kier alpha value is -2.87. The molecule has 27 heavy (non-hydrogen) atoms. The van der Waals surface area contributed by atoms with Crippen molar-refractivity contribution in [3.63, 3.8) is 0 Å². The van der Waals surface area contributed by atoms with Gasteiger partial charge in [0.2, 0.25) is 0 Å². The molecule has 0 fully saturated rings. The molecular formula is C19H20N4O3S. The second kappa shape index (κ2) is 8.22. The normalized spacial score (nSPS) is 10.9. The van der Waals surface area contributed by atoms with E-state index in [9.17, 15) is 9.59 Å². The van der Waals surface area contributed by atoms with E-state index in [2.05, 4.69) is 15.4 Å². The molecule has 0 spiro atoms. The maximum atomic E-state index is 12.7. The van der Waals surface area contributed by atoms with E-state index in [0.717, 1.165) is 17.0 Å². The Labute approximate surface area is 160 Å². The third-order valence-electron chi connectivity index (χ3n) is 4.00. The van der Waals surface area contributed by atoms with Crippen LogP contribution in [0.2, 0.25) is 0 Å². The molecule has 3 aromatic rings. The van der Waals surface area contributed by atoms with Gasteiger partial charge < -0.3 is 10.4 Å². The van der Waals surface area contributed by atoms with Crippen LogP contribution in [0.3, 0.4) is 0 Å². The highest BCUT2D eigenvalue weighted by atomic mass is 32.2. The van der Waals surface area contributed by atoms with E-state index in [-0.39, 0.29) is 12.3 Å². The van der Waals surface area contributed by atoms with Crippen molar-refractivity contribution < 1.29 is 14.7 Å². The summed E-state index contributed by atoms with van der Waals surface area (Å²) in [5.74, 6) is 0.207. The van der Waals surface area contributed by atoms with Gasteiger partial charge in [-0.25, -0.2) is 9.50 Å². The number of thioether (sulfide) groups is 1. The first-order valence-electron chi connectivity index (χ1n) is 8.46. The van der Waals surface area contributed by atoms with Crippen LogP contribution in [-0.2, 0) is 10.5 Å². The number of benzene rings is 1. The second-order valence-corrected chi connectivity index (χ2v) is 7.27. The Morgan fingerprint density at radius 2 is 2.07 bits per heavy atom. The lowest BCUT2D eigenvalue weighted by molar-refractivity contribution is -0.136. The number of nitrogens with one attached hydrogen (secondary N) is 1. The number of amides is 1. The number of carboxylic acid groups (broad SMARTS) is 1. The summed E-state index contributed by atoms with van der Waals surface area (Å²) in [6.07, 6.45) is 1.70. The molecular weight excluding hydrogens is 364 g/mol. The highest BCUT2D eigenvalue weighted by molar-refractivity contribution is 7.98. The molecule has 2 heterocycles. The highest BCUT2D eigenvalue weighted by Gasteiger charge is 2.14. The molecule has 140 valence electrons. The van der Waals surface area contributed by atoms with Gasteiger partial charge in [-0.05, 0) is 31.5 Å². The summed E-state index contributed by atoms with van der Waals surface area (Å²) in [5, 5.41) is 15.9. The Morgan fingerprint density at radius 3 is 2.85 bits per heavy atom. The summed E-state index contributed by atoms with van der Waals surface area (Å²) in [6, 6.07) is 9.40. The zero-order valence-electron chi connectivity index (χ0n) is 15.1. The number of carbonyl (C=O) groups excluding carboxylic acids is 1. The van der Waals surface area contributed by atoms with Crippen LogP contribution in [0, 0.1) is 13.8 Å². The van der Waals surface area contributed by atoms with Gasteiger partial charge in [0, 0.05) is 29.5 Å². The minimum absolute atomic E-state index is 0.142. The van der Waals surface area contributed by atoms with E-state index in [1.807, 2.05) is 44.2 Å². The van der Waals surface area contributed by atoms with Crippen LogP contribution in [0.15, 0.2) is 36.5 Å². The second-order valence-electron chi connectivity index (χ2n) is 6.16. The fraction of sp³-hybridized carbons (Fsp3) is 0.263. The molecule has 0 aliphatic carbocycles. The quantitative estimate of drug-likeness (QED) is 0.607. The Bertz CT molecular complexity index is 1000. The van der Waals surface area contributed by atoms with Crippen molar-refractivity contribution in [2.45, 2.75) is 26.0 Å². The van der Waals surface area contributed by atoms with E-state index in [4.69, 9.17) is 5.11 Å². The number of aromatic nitrogens is 3. The molecule has 2 N–H and O–H groups in total. The van der Waals surface area contributed by atoms with Gasteiger partial charge in [-0.2, -0.15) is 16.9 Å². The van der Waals surface area contributed by atoms with Crippen molar-refractivity contribution in [1.82, 2.24) is 14.6 Å². The fourth-order valence-corrected chi connectivity index (χ4v) is 3.55. The van der Waals surface area contributed by atoms with Gasteiger partial charge >= 0.3 is 5.97 Å². The number of fused-ring (bicyclic) bond motifs is 1. The van der Waals surface area contributed by atoms with Crippen molar-refractivity contribution in [2.75, 3.05) is 11.1 Å². The topological polar surface area (TPSA) is 96.6 Å². The summed E-state index contributed by atoms with van der Waals surface area (Å²) < 4.78 is 1.67. The molecule has 1 amide bonds. The lowest BCUT2D eigenvalue weighted by Crippen LogP contribution is -2.16. The van der Waals surface area contributed by atoms with Gasteiger partial charge in [0.15, 0.2) is 5.65 Å². The van der Waals surface area contributed by atoms with Crippen molar-refractivity contribution >= 4 is 35.0 Å². The van der Waals surface area contributed by atoms with Crippen molar-refractivity contribution in [1.29, 1.82) is 0 Å². The van der Waals surface area contributed by atoms with E-state index < -0.39 is 5.97 Å². The molecule has 1 aromatic carbocycles. The number of aryl methyl sites for hydroxylation is 2. The Morgan fingerprint density at radius 1 is 1.26 bits per heavy atom. The summed E-state index contributed by atoms with van der Waals surface area (Å²) >= 11 is 1.55. The van der Waals surface area contributed by atoms with Crippen molar-refractivity contribution in [3.05, 3.63) is 59.0 Å². The highest BCUT2D eigenvalue weighted by Crippen LogP contribution is 2.19. The number of rotatable bonds is 7. The first-order chi connectivity index (χ1) is 12.9.